The van der Waals surface area contributed by atoms with Crippen LogP contribution in [0.1, 0.15) is 20.1 Å². The summed E-state index contributed by atoms with van der Waals surface area (Å²) in [6.07, 6.45) is 1.16. The number of nitrogens with one attached hydrogen (secondary N) is 1. The number of anilines is 1. The van der Waals surface area contributed by atoms with Gasteiger partial charge in [-0.3, -0.25) is 4.79 Å². The summed E-state index contributed by atoms with van der Waals surface area (Å²) >= 11 is 1.35. The number of rotatable bonds is 4. The third-order valence-electron chi connectivity index (χ3n) is 2.98. The van der Waals surface area contributed by atoms with E-state index in [2.05, 4.69) is 5.32 Å². The van der Waals surface area contributed by atoms with Crippen molar-refractivity contribution in [3.05, 3.63) is 45.6 Å². The van der Waals surface area contributed by atoms with Gasteiger partial charge in [0.1, 0.15) is 0 Å². The number of hydrogen-bond donors (Lipinski definition) is 2. The molecule has 0 saturated carbocycles. The minimum atomic E-state index is -3.20. The summed E-state index contributed by atoms with van der Waals surface area (Å²) in [5.41, 5.74) is 7.16. The zero-order valence-corrected chi connectivity index (χ0v) is 13.3. The van der Waals surface area contributed by atoms with Gasteiger partial charge in [0.2, 0.25) is 0 Å². The van der Waals surface area contributed by atoms with Gasteiger partial charge in [0.15, 0.2) is 9.84 Å². The van der Waals surface area contributed by atoms with E-state index in [1.807, 2.05) is 6.92 Å². The fourth-order valence-electron chi connectivity index (χ4n) is 1.73. The van der Waals surface area contributed by atoms with Crippen molar-refractivity contribution < 1.29 is 13.2 Å². The largest absolute Gasteiger partial charge is 0.398 e. The van der Waals surface area contributed by atoms with E-state index in [9.17, 15) is 13.2 Å². The summed E-state index contributed by atoms with van der Waals surface area (Å²) < 4.78 is 22.7. The highest BCUT2D eigenvalue weighted by Crippen LogP contribution is 2.23. The standard InChI is InChI=1S/C14H16N2O3S2/c1-9-12(15)7-13(20-9)14(17)16-8-10-3-5-11(6-4-10)21(2,18)19/h3-7H,8,15H2,1-2H3,(H,16,17). The molecular weight excluding hydrogens is 308 g/mol. The number of thiophene rings is 1. The fourth-order valence-corrected chi connectivity index (χ4v) is 3.22. The Morgan fingerprint density at radius 1 is 1.29 bits per heavy atom. The van der Waals surface area contributed by atoms with Crippen LogP contribution in [-0.2, 0) is 16.4 Å². The zero-order valence-electron chi connectivity index (χ0n) is 11.7. The molecule has 0 atom stereocenters. The second-order valence-corrected chi connectivity index (χ2v) is 7.99. The van der Waals surface area contributed by atoms with Crippen molar-refractivity contribution in [3.63, 3.8) is 0 Å². The van der Waals surface area contributed by atoms with Crippen LogP contribution in [0.5, 0.6) is 0 Å². The molecule has 2 aromatic rings. The molecule has 112 valence electrons. The average Bonchev–Trinajstić information content (AvgIpc) is 2.75. The van der Waals surface area contributed by atoms with Crippen molar-refractivity contribution in [1.82, 2.24) is 5.32 Å². The fraction of sp³-hybridized carbons (Fsp3) is 0.214. The lowest BCUT2D eigenvalue weighted by Gasteiger charge is -2.05. The van der Waals surface area contributed by atoms with E-state index in [1.54, 1.807) is 18.2 Å². The molecule has 7 heteroatoms. The summed E-state index contributed by atoms with van der Waals surface area (Å²) in [7, 11) is -3.20. The van der Waals surface area contributed by atoms with Crippen LogP contribution in [0.2, 0.25) is 0 Å². The molecule has 1 aromatic heterocycles. The molecule has 0 aliphatic carbocycles. The molecule has 5 nitrogen and oxygen atoms in total. The van der Waals surface area contributed by atoms with Gasteiger partial charge in [-0.1, -0.05) is 12.1 Å². The number of aryl methyl sites for hydroxylation is 1. The summed E-state index contributed by atoms with van der Waals surface area (Å²) in [6.45, 7) is 2.19. The maximum atomic E-state index is 12.0. The van der Waals surface area contributed by atoms with Gasteiger partial charge >= 0.3 is 0 Å². The summed E-state index contributed by atoms with van der Waals surface area (Å²) in [5.74, 6) is -0.188. The number of nitrogens with two attached hydrogens (primary N) is 1. The van der Waals surface area contributed by atoms with Crippen molar-refractivity contribution in [2.45, 2.75) is 18.4 Å². The Kier molecular flexibility index (Phi) is 4.34. The van der Waals surface area contributed by atoms with Crippen LogP contribution < -0.4 is 11.1 Å². The van der Waals surface area contributed by atoms with E-state index < -0.39 is 9.84 Å². The first-order valence-electron chi connectivity index (χ1n) is 6.20. The van der Waals surface area contributed by atoms with E-state index in [-0.39, 0.29) is 10.8 Å². The lowest BCUT2D eigenvalue weighted by molar-refractivity contribution is 0.0955. The SMILES string of the molecule is Cc1sc(C(=O)NCc2ccc(S(C)(=O)=O)cc2)cc1N. The van der Waals surface area contributed by atoms with Crippen LogP contribution in [0.4, 0.5) is 5.69 Å². The average molecular weight is 324 g/mol. The Labute approximate surface area is 127 Å². The number of hydrogen-bond acceptors (Lipinski definition) is 5. The second kappa shape index (κ2) is 5.87. The third-order valence-corrected chi connectivity index (χ3v) is 5.18. The first-order valence-corrected chi connectivity index (χ1v) is 8.91. The molecule has 1 heterocycles. The molecule has 0 unspecified atom stereocenters. The first-order chi connectivity index (χ1) is 9.77. The predicted octanol–water partition coefficient (Wildman–Crippen LogP) is 1.97. The highest BCUT2D eigenvalue weighted by atomic mass is 32.2. The number of carbonyl (C=O) groups excluding carboxylic acids is 1. The van der Waals surface area contributed by atoms with E-state index in [4.69, 9.17) is 5.73 Å². The van der Waals surface area contributed by atoms with Crippen molar-refractivity contribution in [2.24, 2.45) is 0 Å². The highest BCUT2D eigenvalue weighted by molar-refractivity contribution is 7.90. The quantitative estimate of drug-likeness (QED) is 0.900. The Balaban J connectivity index is 2.01. The molecule has 3 N–H and O–H groups in total. The number of nitrogen functional groups attached to an aromatic ring is 1. The van der Waals surface area contributed by atoms with Gasteiger partial charge in [0.05, 0.1) is 9.77 Å². The van der Waals surface area contributed by atoms with Crippen LogP contribution in [-0.4, -0.2) is 20.6 Å². The van der Waals surface area contributed by atoms with Gasteiger partial charge in [-0.05, 0) is 30.7 Å². The molecule has 0 fully saturated rings. The molecule has 0 radical (unpaired) electrons. The maximum absolute atomic E-state index is 12.0. The highest BCUT2D eigenvalue weighted by Gasteiger charge is 2.11. The Morgan fingerprint density at radius 2 is 1.90 bits per heavy atom. The maximum Gasteiger partial charge on any atom is 0.261 e. The Hall–Kier alpha value is -1.86. The Bertz CT molecular complexity index is 743. The Morgan fingerprint density at radius 3 is 2.38 bits per heavy atom. The van der Waals surface area contributed by atoms with Crippen LogP contribution in [0.3, 0.4) is 0 Å². The zero-order chi connectivity index (χ0) is 15.6. The molecule has 0 bridgehead atoms. The smallest absolute Gasteiger partial charge is 0.261 e. The molecule has 1 aromatic carbocycles. The first kappa shape index (κ1) is 15.5. The van der Waals surface area contributed by atoms with E-state index in [1.165, 1.54) is 23.5 Å². The molecule has 0 aliphatic heterocycles. The van der Waals surface area contributed by atoms with E-state index in [0.29, 0.717) is 17.1 Å². The normalized spacial score (nSPS) is 11.3. The molecule has 1 amide bonds. The van der Waals surface area contributed by atoms with Crippen LogP contribution in [0.25, 0.3) is 0 Å². The summed E-state index contributed by atoms with van der Waals surface area (Å²) in [4.78, 5) is 13.7. The number of sulfone groups is 1. The van der Waals surface area contributed by atoms with Gasteiger partial charge < -0.3 is 11.1 Å². The van der Waals surface area contributed by atoms with Gasteiger partial charge in [0.25, 0.3) is 5.91 Å². The minimum Gasteiger partial charge on any atom is -0.398 e. The van der Waals surface area contributed by atoms with Crippen LogP contribution in [0, 0.1) is 6.92 Å². The topological polar surface area (TPSA) is 89.3 Å². The molecule has 0 spiro atoms. The van der Waals surface area contributed by atoms with E-state index >= 15 is 0 Å². The van der Waals surface area contributed by atoms with E-state index in [0.717, 1.165) is 16.7 Å². The molecular formula is C14H16N2O3S2. The minimum absolute atomic E-state index is 0.188. The monoisotopic (exact) mass is 324 g/mol. The number of benzene rings is 1. The molecule has 21 heavy (non-hydrogen) atoms. The molecule has 0 aliphatic rings. The van der Waals surface area contributed by atoms with Gasteiger partial charge in [0, 0.05) is 23.4 Å². The van der Waals surface area contributed by atoms with Crippen molar-refractivity contribution >= 4 is 32.8 Å². The third kappa shape index (κ3) is 3.83. The van der Waals surface area contributed by atoms with Gasteiger partial charge in [-0.15, -0.1) is 11.3 Å². The van der Waals surface area contributed by atoms with Gasteiger partial charge in [-0.25, -0.2) is 8.42 Å². The second-order valence-electron chi connectivity index (χ2n) is 4.72. The molecule has 2 rings (SSSR count). The van der Waals surface area contributed by atoms with Crippen molar-refractivity contribution in [2.75, 3.05) is 12.0 Å². The number of carbonyl (C=O) groups is 1. The van der Waals surface area contributed by atoms with Crippen molar-refractivity contribution in [3.8, 4) is 0 Å². The van der Waals surface area contributed by atoms with Gasteiger partial charge in [-0.2, -0.15) is 0 Å². The summed E-state index contributed by atoms with van der Waals surface area (Å²) in [5, 5.41) is 2.78. The number of amides is 1. The van der Waals surface area contributed by atoms with Crippen LogP contribution in [0.15, 0.2) is 35.2 Å². The molecule has 0 saturated heterocycles. The summed E-state index contributed by atoms with van der Waals surface area (Å²) in [6, 6.07) is 8.09. The van der Waals surface area contributed by atoms with Crippen molar-refractivity contribution in [1.29, 1.82) is 0 Å². The lowest BCUT2D eigenvalue weighted by atomic mass is 10.2. The predicted molar refractivity (Wildman–Crippen MR) is 84.2 cm³/mol. The van der Waals surface area contributed by atoms with Crippen LogP contribution >= 0.6 is 11.3 Å². The lowest BCUT2D eigenvalue weighted by Crippen LogP contribution is -2.21.